The summed E-state index contributed by atoms with van der Waals surface area (Å²) in [5, 5.41) is 4.19. The minimum atomic E-state index is 0.202. The lowest BCUT2D eigenvalue weighted by Gasteiger charge is -2.12. The van der Waals surface area contributed by atoms with Gasteiger partial charge in [0.2, 0.25) is 0 Å². The van der Waals surface area contributed by atoms with Gasteiger partial charge in [-0.1, -0.05) is 29.8 Å². The van der Waals surface area contributed by atoms with Crippen molar-refractivity contribution in [3.8, 4) is 5.75 Å². The van der Waals surface area contributed by atoms with Crippen LogP contribution in [0.2, 0.25) is 5.02 Å². The summed E-state index contributed by atoms with van der Waals surface area (Å²) < 4.78 is 5.63. The van der Waals surface area contributed by atoms with E-state index in [4.69, 9.17) is 16.3 Å². The maximum Gasteiger partial charge on any atom is 0.119 e. The Morgan fingerprint density at radius 2 is 1.80 bits per heavy atom. The number of benzene rings is 2. The van der Waals surface area contributed by atoms with E-state index in [9.17, 15) is 0 Å². The molecule has 2 nitrogen and oxygen atoms in total. The second-order valence-corrected chi connectivity index (χ2v) is 5.48. The lowest BCUT2D eigenvalue weighted by Crippen LogP contribution is -2.06. The van der Waals surface area contributed by atoms with Gasteiger partial charge >= 0.3 is 0 Å². The van der Waals surface area contributed by atoms with Crippen LogP contribution in [0.1, 0.15) is 25.0 Å². The molecule has 1 N–H and O–H groups in total. The molecule has 0 aliphatic carbocycles. The summed E-state index contributed by atoms with van der Waals surface area (Å²) in [5.74, 6) is 0.905. The summed E-state index contributed by atoms with van der Waals surface area (Å²) in [6.45, 7) is 6.84. The van der Waals surface area contributed by atoms with Crippen molar-refractivity contribution < 1.29 is 4.74 Å². The smallest absolute Gasteiger partial charge is 0.119 e. The van der Waals surface area contributed by atoms with Gasteiger partial charge in [0.1, 0.15) is 5.75 Å². The lowest BCUT2D eigenvalue weighted by atomic mass is 10.1. The summed E-state index contributed by atoms with van der Waals surface area (Å²) in [4.78, 5) is 0. The molecule has 0 aliphatic rings. The monoisotopic (exact) mass is 289 g/mol. The highest BCUT2D eigenvalue weighted by Gasteiger charge is 2.02. The fourth-order valence-electron chi connectivity index (χ4n) is 1.95. The van der Waals surface area contributed by atoms with Crippen LogP contribution in [0.4, 0.5) is 5.69 Å². The van der Waals surface area contributed by atoms with Crippen LogP contribution in [-0.2, 0) is 6.54 Å². The molecule has 3 heteroatoms. The predicted octanol–water partition coefficient (Wildman–Crippen LogP) is 5.05. The molecule has 106 valence electrons. The molecule has 2 aromatic rings. The van der Waals surface area contributed by atoms with Gasteiger partial charge in [-0.2, -0.15) is 0 Å². The van der Waals surface area contributed by atoms with Gasteiger partial charge in [-0.05, 0) is 56.2 Å². The average Bonchev–Trinajstić information content (AvgIpc) is 2.41. The van der Waals surface area contributed by atoms with Crippen LogP contribution in [-0.4, -0.2) is 6.10 Å². The van der Waals surface area contributed by atoms with E-state index in [0.29, 0.717) is 0 Å². The van der Waals surface area contributed by atoms with Crippen molar-refractivity contribution in [2.24, 2.45) is 0 Å². The van der Waals surface area contributed by atoms with Gasteiger partial charge in [-0.15, -0.1) is 0 Å². The second kappa shape index (κ2) is 6.67. The number of halogens is 1. The summed E-state index contributed by atoms with van der Waals surface area (Å²) in [7, 11) is 0. The van der Waals surface area contributed by atoms with E-state index in [1.807, 2.05) is 51.1 Å². The van der Waals surface area contributed by atoms with Crippen LogP contribution < -0.4 is 10.1 Å². The van der Waals surface area contributed by atoms with Crippen LogP contribution in [0, 0.1) is 6.92 Å². The third-order valence-electron chi connectivity index (χ3n) is 3.05. The Hall–Kier alpha value is -1.67. The number of anilines is 1. The first kappa shape index (κ1) is 14.7. The highest BCUT2D eigenvalue weighted by atomic mass is 35.5. The van der Waals surface area contributed by atoms with Crippen molar-refractivity contribution in [1.29, 1.82) is 0 Å². The van der Waals surface area contributed by atoms with E-state index in [1.165, 1.54) is 5.56 Å². The molecule has 0 heterocycles. The number of ether oxygens (including phenoxy) is 1. The number of nitrogens with one attached hydrogen (secondary N) is 1. The van der Waals surface area contributed by atoms with Gasteiger partial charge in [-0.25, -0.2) is 0 Å². The Bertz CT molecular complexity index is 564. The minimum Gasteiger partial charge on any atom is -0.491 e. The van der Waals surface area contributed by atoms with Crippen molar-refractivity contribution in [1.82, 2.24) is 0 Å². The quantitative estimate of drug-likeness (QED) is 0.832. The third kappa shape index (κ3) is 3.91. The van der Waals surface area contributed by atoms with Crippen LogP contribution in [0.25, 0.3) is 0 Å². The predicted molar refractivity (Wildman–Crippen MR) is 85.7 cm³/mol. The zero-order valence-corrected chi connectivity index (χ0v) is 12.9. The van der Waals surface area contributed by atoms with Crippen molar-refractivity contribution in [2.75, 3.05) is 5.32 Å². The minimum absolute atomic E-state index is 0.202. The van der Waals surface area contributed by atoms with Crippen LogP contribution in [0.5, 0.6) is 5.75 Å². The van der Waals surface area contributed by atoms with Crippen LogP contribution in [0.3, 0.4) is 0 Å². The Morgan fingerprint density at radius 1 is 1.10 bits per heavy atom. The van der Waals surface area contributed by atoms with Crippen molar-refractivity contribution >= 4 is 17.3 Å². The van der Waals surface area contributed by atoms with E-state index in [-0.39, 0.29) is 6.10 Å². The first-order chi connectivity index (χ1) is 9.56. The average molecular weight is 290 g/mol. The molecule has 0 saturated heterocycles. The van der Waals surface area contributed by atoms with Crippen molar-refractivity contribution in [2.45, 2.75) is 33.4 Å². The standard InChI is InChI=1S/C17H20ClNO/c1-12(2)20-15-9-7-14(8-10-15)11-19-17-6-4-5-16(18)13(17)3/h4-10,12,19H,11H2,1-3H3. The van der Waals surface area contributed by atoms with E-state index in [1.54, 1.807) is 0 Å². The van der Waals surface area contributed by atoms with Gasteiger partial charge < -0.3 is 10.1 Å². The molecule has 0 atom stereocenters. The largest absolute Gasteiger partial charge is 0.491 e. The number of hydrogen-bond acceptors (Lipinski definition) is 2. The fraction of sp³-hybridized carbons (Fsp3) is 0.294. The molecule has 0 unspecified atom stereocenters. The number of rotatable bonds is 5. The summed E-state index contributed by atoms with van der Waals surface area (Å²) in [6.07, 6.45) is 0.202. The molecule has 0 radical (unpaired) electrons. The molecule has 0 aromatic heterocycles. The molecule has 0 amide bonds. The highest BCUT2D eigenvalue weighted by molar-refractivity contribution is 6.31. The molecule has 0 saturated carbocycles. The Balaban J connectivity index is 1.99. The van der Waals surface area contributed by atoms with E-state index >= 15 is 0 Å². The van der Waals surface area contributed by atoms with Gasteiger partial charge in [0.15, 0.2) is 0 Å². The maximum absolute atomic E-state index is 6.11. The van der Waals surface area contributed by atoms with Crippen LogP contribution >= 0.6 is 11.6 Å². The topological polar surface area (TPSA) is 21.3 Å². The van der Waals surface area contributed by atoms with Gasteiger partial charge in [0, 0.05) is 17.3 Å². The molecule has 2 aromatic carbocycles. The van der Waals surface area contributed by atoms with Gasteiger partial charge in [0.25, 0.3) is 0 Å². The summed E-state index contributed by atoms with van der Waals surface area (Å²) in [6, 6.07) is 14.0. The third-order valence-corrected chi connectivity index (χ3v) is 3.46. The Kier molecular flexibility index (Phi) is 4.91. The molecule has 0 fully saturated rings. The summed E-state index contributed by atoms with van der Waals surface area (Å²) >= 11 is 6.11. The summed E-state index contributed by atoms with van der Waals surface area (Å²) in [5.41, 5.74) is 3.36. The normalized spacial score (nSPS) is 10.7. The van der Waals surface area contributed by atoms with Gasteiger partial charge in [-0.3, -0.25) is 0 Å². The zero-order valence-electron chi connectivity index (χ0n) is 12.1. The zero-order chi connectivity index (χ0) is 14.5. The maximum atomic E-state index is 6.11. The first-order valence-electron chi connectivity index (χ1n) is 6.81. The second-order valence-electron chi connectivity index (χ2n) is 5.08. The number of hydrogen-bond donors (Lipinski definition) is 1. The molecule has 20 heavy (non-hydrogen) atoms. The Morgan fingerprint density at radius 3 is 2.45 bits per heavy atom. The first-order valence-corrected chi connectivity index (χ1v) is 7.18. The lowest BCUT2D eigenvalue weighted by molar-refractivity contribution is 0.242. The molecule has 0 bridgehead atoms. The van der Waals surface area contributed by atoms with Crippen molar-refractivity contribution in [3.63, 3.8) is 0 Å². The van der Waals surface area contributed by atoms with E-state index < -0.39 is 0 Å². The molecule has 0 aliphatic heterocycles. The molecular weight excluding hydrogens is 270 g/mol. The van der Waals surface area contributed by atoms with Crippen LogP contribution in [0.15, 0.2) is 42.5 Å². The fourth-order valence-corrected chi connectivity index (χ4v) is 2.13. The SMILES string of the molecule is Cc1c(Cl)cccc1NCc1ccc(OC(C)C)cc1. The highest BCUT2D eigenvalue weighted by Crippen LogP contribution is 2.23. The van der Waals surface area contributed by atoms with E-state index in [2.05, 4.69) is 17.4 Å². The Labute approximate surface area is 125 Å². The van der Waals surface area contributed by atoms with E-state index in [0.717, 1.165) is 28.6 Å². The van der Waals surface area contributed by atoms with Crippen molar-refractivity contribution in [3.05, 3.63) is 58.6 Å². The van der Waals surface area contributed by atoms with Gasteiger partial charge in [0.05, 0.1) is 6.10 Å². The molecular formula is C17H20ClNO. The molecule has 0 spiro atoms. The molecule has 2 rings (SSSR count).